The predicted molar refractivity (Wildman–Crippen MR) is 371 cm³/mol. The van der Waals surface area contributed by atoms with Gasteiger partial charge in [-0.1, -0.05) is 373 Å². The lowest BCUT2D eigenvalue weighted by atomic mass is 9.99. The highest BCUT2D eigenvalue weighted by molar-refractivity contribution is 5.76. The zero-order chi connectivity index (χ0) is 63.7. The van der Waals surface area contributed by atoms with Crippen LogP contribution < -0.4 is 5.32 Å². The minimum absolute atomic E-state index is 0.0204. The Morgan fingerprint density at radius 2 is 0.716 bits per heavy atom. The van der Waals surface area contributed by atoms with Crippen LogP contribution >= 0.6 is 0 Å². The standard InChI is InChI=1S/C77H149NO10/c1-3-5-7-9-11-13-14-15-42-45-49-53-57-61-65-73(82)86-66-62-58-54-50-46-43-40-38-36-34-32-30-28-26-24-22-20-18-16-17-19-21-23-25-27-29-31-33-35-37-39-41-44-48-52-56-60-64-72(81)78-69(70(80)63-59-55-51-47-12-10-8-6-4-2)68-87-77-76(85)75(84)74(83)71(67-79)88-77/h59,63,69-71,74-77,79-80,83-85H,3-58,60-62,64-68H2,1-2H3,(H,78,81)/b63-59+. The van der Waals surface area contributed by atoms with Crippen molar-refractivity contribution in [3.63, 3.8) is 0 Å². The highest BCUT2D eigenvalue weighted by atomic mass is 16.7. The van der Waals surface area contributed by atoms with Gasteiger partial charge in [-0.15, -0.1) is 0 Å². The third-order valence-electron chi connectivity index (χ3n) is 18.9. The molecule has 1 rings (SSSR count). The Hall–Kier alpha value is -1.60. The van der Waals surface area contributed by atoms with Crippen molar-refractivity contribution in [3.8, 4) is 0 Å². The number of ether oxygens (including phenoxy) is 3. The Bertz CT molecular complexity index is 1460. The van der Waals surface area contributed by atoms with Gasteiger partial charge in [0.05, 0.1) is 32.0 Å². The number of amides is 1. The molecule has 0 aromatic rings. The molecule has 1 saturated heterocycles. The molecule has 0 aromatic heterocycles. The van der Waals surface area contributed by atoms with Crippen LogP contribution in [0.15, 0.2) is 12.2 Å². The minimum atomic E-state index is -1.57. The van der Waals surface area contributed by atoms with E-state index in [1.54, 1.807) is 6.08 Å². The molecular weight excluding hydrogens is 1100 g/mol. The van der Waals surface area contributed by atoms with Gasteiger partial charge >= 0.3 is 5.97 Å². The van der Waals surface area contributed by atoms with Gasteiger partial charge in [0.25, 0.3) is 0 Å². The first-order valence-electron chi connectivity index (χ1n) is 39.0. The van der Waals surface area contributed by atoms with Gasteiger partial charge in [-0.25, -0.2) is 0 Å². The van der Waals surface area contributed by atoms with Crippen LogP contribution in [0.5, 0.6) is 0 Å². The fourth-order valence-electron chi connectivity index (χ4n) is 12.8. The van der Waals surface area contributed by atoms with Crippen molar-refractivity contribution >= 4 is 11.9 Å². The molecule has 0 spiro atoms. The van der Waals surface area contributed by atoms with Crippen molar-refractivity contribution in [1.82, 2.24) is 5.32 Å². The Morgan fingerprint density at radius 3 is 1.06 bits per heavy atom. The normalized spacial score (nSPS) is 17.7. The van der Waals surface area contributed by atoms with Gasteiger partial charge in [0, 0.05) is 12.8 Å². The van der Waals surface area contributed by atoms with Crippen molar-refractivity contribution in [2.24, 2.45) is 0 Å². The number of rotatable bonds is 70. The predicted octanol–water partition coefficient (Wildman–Crippen LogP) is 20.6. The van der Waals surface area contributed by atoms with E-state index in [4.69, 9.17) is 14.2 Å². The van der Waals surface area contributed by atoms with Crippen LogP contribution in [0.25, 0.3) is 0 Å². The lowest BCUT2D eigenvalue weighted by molar-refractivity contribution is -0.302. The monoisotopic (exact) mass is 1250 g/mol. The summed E-state index contributed by atoms with van der Waals surface area (Å²) in [6, 6.07) is -0.803. The molecule has 1 fully saturated rings. The van der Waals surface area contributed by atoms with Crippen molar-refractivity contribution < 1.29 is 49.3 Å². The fraction of sp³-hybridized carbons (Fsp3) is 0.948. The molecule has 0 aliphatic carbocycles. The number of nitrogens with one attached hydrogen (secondary N) is 1. The Labute approximate surface area is 544 Å². The summed E-state index contributed by atoms with van der Waals surface area (Å²) in [5.41, 5.74) is 0. The van der Waals surface area contributed by atoms with Crippen LogP contribution in [0.1, 0.15) is 406 Å². The first-order valence-corrected chi connectivity index (χ1v) is 39.0. The number of aliphatic hydroxyl groups is 5. The number of esters is 1. The molecule has 0 aromatic carbocycles. The van der Waals surface area contributed by atoms with E-state index in [0.29, 0.717) is 19.4 Å². The van der Waals surface area contributed by atoms with E-state index in [-0.39, 0.29) is 18.5 Å². The molecule has 1 amide bonds. The van der Waals surface area contributed by atoms with Crippen LogP contribution in [-0.2, 0) is 23.8 Å². The minimum Gasteiger partial charge on any atom is -0.466 e. The number of carbonyl (C=O) groups excluding carboxylic acids is 2. The van der Waals surface area contributed by atoms with E-state index in [0.717, 1.165) is 51.4 Å². The molecule has 11 nitrogen and oxygen atoms in total. The van der Waals surface area contributed by atoms with Crippen LogP contribution in [-0.4, -0.2) is 100 Å². The maximum atomic E-state index is 13.0. The molecule has 0 radical (unpaired) electrons. The van der Waals surface area contributed by atoms with Gasteiger partial charge in [0.1, 0.15) is 24.4 Å². The molecule has 7 unspecified atom stereocenters. The topological polar surface area (TPSA) is 175 Å². The van der Waals surface area contributed by atoms with Crippen molar-refractivity contribution in [1.29, 1.82) is 0 Å². The quantitative estimate of drug-likeness (QED) is 0.0195. The van der Waals surface area contributed by atoms with Gasteiger partial charge < -0.3 is 45.1 Å². The second-order valence-corrected chi connectivity index (χ2v) is 27.4. The second kappa shape index (κ2) is 66.8. The smallest absolute Gasteiger partial charge is 0.305 e. The summed E-state index contributed by atoms with van der Waals surface area (Å²) >= 11 is 0. The Kier molecular flexibility index (Phi) is 64.1. The third-order valence-corrected chi connectivity index (χ3v) is 18.9. The summed E-state index contributed by atoms with van der Waals surface area (Å²) in [5.74, 6) is -0.155. The summed E-state index contributed by atoms with van der Waals surface area (Å²) in [6.07, 6.45) is 74.1. The van der Waals surface area contributed by atoms with E-state index in [1.165, 1.54) is 327 Å². The maximum absolute atomic E-state index is 13.0. The van der Waals surface area contributed by atoms with Crippen LogP contribution in [0.4, 0.5) is 0 Å². The summed E-state index contributed by atoms with van der Waals surface area (Å²) in [7, 11) is 0. The van der Waals surface area contributed by atoms with Crippen LogP contribution in [0, 0.1) is 0 Å². The van der Waals surface area contributed by atoms with Gasteiger partial charge in [-0.05, 0) is 32.1 Å². The lowest BCUT2D eigenvalue weighted by Crippen LogP contribution is -2.60. The molecule has 1 aliphatic heterocycles. The highest BCUT2D eigenvalue weighted by Gasteiger charge is 2.44. The number of unbranched alkanes of at least 4 members (excludes halogenated alkanes) is 56. The molecule has 1 heterocycles. The van der Waals surface area contributed by atoms with Crippen molar-refractivity contribution in [2.45, 2.75) is 448 Å². The first kappa shape index (κ1) is 84.4. The molecule has 0 bridgehead atoms. The average molecular weight is 1250 g/mol. The van der Waals surface area contributed by atoms with E-state index in [2.05, 4.69) is 19.2 Å². The largest absolute Gasteiger partial charge is 0.466 e. The summed E-state index contributed by atoms with van der Waals surface area (Å²) in [5, 5.41) is 54.3. The van der Waals surface area contributed by atoms with Gasteiger partial charge in [-0.3, -0.25) is 9.59 Å². The molecule has 88 heavy (non-hydrogen) atoms. The molecule has 1 aliphatic rings. The SMILES string of the molecule is CCCCCCCCC/C=C/C(O)C(COC1OC(CO)C(O)C(O)C1O)NC(=O)CCCCCCCCCCCCCCCCCCCCCCCCCCCCCCCCCCCCCCCOC(=O)CCCCCCCCCCCCCCCC. The Morgan fingerprint density at radius 1 is 0.409 bits per heavy atom. The Balaban J connectivity index is 1.84. The molecular formula is C77H149NO10. The average Bonchev–Trinajstić information content (AvgIpc) is 3.35. The number of hydrogen-bond acceptors (Lipinski definition) is 10. The summed E-state index contributed by atoms with van der Waals surface area (Å²) in [6.45, 7) is 4.37. The van der Waals surface area contributed by atoms with E-state index < -0.39 is 49.5 Å². The first-order chi connectivity index (χ1) is 43.2. The van der Waals surface area contributed by atoms with Gasteiger partial charge in [0.2, 0.25) is 5.91 Å². The lowest BCUT2D eigenvalue weighted by Gasteiger charge is -2.40. The molecule has 522 valence electrons. The van der Waals surface area contributed by atoms with Crippen LogP contribution in [0.2, 0.25) is 0 Å². The van der Waals surface area contributed by atoms with E-state index in [1.807, 2.05) is 6.08 Å². The fourth-order valence-corrected chi connectivity index (χ4v) is 12.8. The van der Waals surface area contributed by atoms with Crippen molar-refractivity contribution in [3.05, 3.63) is 12.2 Å². The summed E-state index contributed by atoms with van der Waals surface area (Å²) < 4.78 is 16.7. The van der Waals surface area contributed by atoms with Crippen molar-refractivity contribution in [2.75, 3.05) is 19.8 Å². The van der Waals surface area contributed by atoms with E-state index in [9.17, 15) is 35.1 Å². The second-order valence-electron chi connectivity index (χ2n) is 27.4. The molecule has 11 heteroatoms. The molecule has 7 atom stereocenters. The van der Waals surface area contributed by atoms with Gasteiger partial charge in [0.15, 0.2) is 6.29 Å². The molecule has 6 N–H and O–H groups in total. The van der Waals surface area contributed by atoms with Crippen LogP contribution in [0.3, 0.4) is 0 Å². The van der Waals surface area contributed by atoms with E-state index >= 15 is 0 Å². The molecule has 0 saturated carbocycles. The maximum Gasteiger partial charge on any atom is 0.305 e. The van der Waals surface area contributed by atoms with Gasteiger partial charge in [-0.2, -0.15) is 0 Å². The highest BCUT2D eigenvalue weighted by Crippen LogP contribution is 2.24. The zero-order valence-corrected chi connectivity index (χ0v) is 58.2. The number of carbonyl (C=O) groups is 2. The summed E-state index contributed by atoms with van der Waals surface area (Å²) in [4.78, 5) is 25.1. The zero-order valence-electron chi connectivity index (χ0n) is 58.2. The third kappa shape index (κ3) is 54.9. The number of aliphatic hydroxyl groups excluding tert-OH is 5. The number of hydrogen-bond donors (Lipinski definition) is 6. The number of allylic oxidation sites excluding steroid dienone is 1.